The summed E-state index contributed by atoms with van der Waals surface area (Å²) in [6.07, 6.45) is 7.23. The summed E-state index contributed by atoms with van der Waals surface area (Å²) in [5, 5.41) is 2.85. The zero-order valence-electron chi connectivity index (χ0n) is 19.0. The lowest BCUT2D eigenvalue weighted by Gasteiger charge is -2.15. The second kappa shape index (κ2) is 11.1. The van der Waals surface area contributed by atoms with Crippen molar-refractivity contribution in [1.29, 1.82) is 0 Å². The number of aryl methyl sites for hydroxylation is 1. The minimum atomic E-state index is -0.450. The highest BCUT2D eigenvalue weighted by Gasteiger charge is 2.55. The Balaban J connectivity index is 0.000000323. The van der Waals surface area contributed by atoms with E-state index in [4.69, 9.17) is 9.47 Å². The maximum atomic E-state index is 12.4. The number of aromatic nitrogens is 3. The van der Waals surface area contributed by atoms with Crippen LogP contribution in [0.4, 0.5) is 14.6 Å². The van der Waals surface area contributed by atoms with Crippen LogP contribution < -0.4 is 10.1 Å². The molecule has 0 spiro atoms. The van der Waals surface area contributed by atoms with Gasteiger partial charge in [-0.15, -0.1) is 0 Å². The number of halogens is 2. The van der Waals surface area contributed by atoms with Crippen molar-refractivity contribution in [3.05, 3.63) is 65.9 Å². The van der Waals surface area contributed by atoms with Crippen molar-refractivity contribution in [3.63, 3.8) is 0 Å². The molecule has 2 heterocycles. The Morgan fingerprint density at radius 2 is 2.12 bits per heavy atom. The Labute approximate surface area is 192 Å². The van der Waals surface area contributed by atoms with Gasteiger partial charge in [0.15, 0.2) is 5.75 Å². The number of anilines is 1. The number of hydrogen-bond acceptors (Lipinski definition) is 6. The van der Waals surface area contributed by atoms with Crippen LogP contribution in [-0.2, 0) is 16.1 Å². The third kappa shape index (κ3) is 7.15. The molecule has 0 saturated heterocycles. The van der Waals surface area contributed by atoms with Crippen molar-refractivity contribution in [3.8, 4) is 5.75 Å². The third-order valence-corrected chi connectivity index (χ3v) is 5.39. The molecule has 2 atom stereocenters. The zero-order chi connectivity index (χ0) is 23.8. The van der Waals surface area contributed by atoms with Gasteiger partial charge in [0.2, 0.25) is 5.91 Å². The smallest absolute Gasteiger partial charge is 0.229 e. The van der Waals surface area contributed by atoms with Gasteiger partial charge >= 0.3 is 0 Å². The summed E-state index contributed by atoms with van der Waals surface area (Å²) >= 11 is 0. The molecule has 0 bridgehead atoms. The molecular formula is C24H28F2N4O3. The number of pyridine rings is 1. The van der Waals surface area contributed by atoms with Crippen LogP contribution in [0.25, 0.3) is 0 Å². The summed E-state index contributed by atoms with van der Waals surface area (Å²) < 4.78 is 35.1. The number of carbonyl (C=O) groups excluding carboxylic acids is 1. The molecule has 1 saturated carbocycles. The van der Waals surface area contributed by atoms with Gasteiger partial charge in [-0.1, -0.05) is 13.0 Å². The third-order valence-electron chi connectivity index (χ3n) is 5.39. The van der Waals surface area contributed by atoms with Gasteiger partial charge in [-0.05, 0) is 38.0 Å². The molecule has 2 aromatic rings. The highest BCUT2D eigenvalue weighted by Crippen LogP contribution is 2.52. The van der Waals surface area contributed by atoms with Crippen molar-refractivity contribution in [2.75, 3.05) is 19.0 Å². The lowest BCUT2D eigenvalue weighted by atomic mass is 10.1. The number of methoxy groups -OCH3 is 1. The van der Waals surface area contributed by atoms with E-state index in [0.717, 1.165) is 12.5 Å². The Kier molecular flexibility index (Phi) is 8.21. The topological polar surface area (TPSA) is 86.2 Å². The number of amides is 1. The van der Waals surface area contributed by atoms with Crippen LogP contribution in [0.5, 0.6) is 5.75 Å². The molecule has 0 aromatic carbocycles. The summed E-state index contributed by atoms with van der Waals surface area (Å²) in [5.74, 6) is 0.915. The minimum Gasteiger partial charge on any atom is -0.489 e. The first-order valence-electron chi connectivity index (χ1n) is 10.7. The minimum absolute atomic E-state index is 0.0259. The molecule has 1 amide bonds. The fourth-order valence-electron chi connectivity index (χ4n) is 3.36. The second-order valence-electron chi connectivity index (χ2n) is 8.28. The lowest BCUT2D eigenvalue weighted by Crippen LogP contribution is -2.22. The quantitative estimate of drug-likeness (QED) is 0.638. The van der Waals surface area contributed by atoms with Crippen molar-refractivity contribution < 1.29 is 23.0 Å². The Hall–Kier alpha value is -3.20. The van der Waals surface area contributed by atoms with Gasteiger partial charge in [0.25, 0.3) is 0 Å². The number of hydrogen-bond donors (Lipinski definition) is 1. The van der Waals surface area contributed by atoms with E-state index < -0.39 is 5.83 Å². The summed E-state index contributed by atoms with van der Waals surface area (Å²) in [4.78, 5) is 25.0. The molecule has 7 nitrogen and oxygen atoms in total. The molecule has 176 valence electrons. The Morgan fingerprint density at radius 1 is 1.30 bits per heavy atom. The van der Waals surface area contributed by atoms with Gasteiger partial charge in [-0.3, -0.25) is 4.79 Å². The van der Waals surface area contributed by atoms with Crippen LogP contribution in [0.15, 0.2) is 54.4 Å². The molecule has 2 aromatic heterocycles. The van der Waals surface area contributed by atoms with E-state index in [2.05, 4.69) is 20.3 Å². The van der Waals surface area contributed by atoms with Crippen LogP contribution in [0.3, 0.4) is 0 Å². The first-order valence-corrected chi connectivity index (χ1v) is 10.7. The molecule has 4 rings (SSSR count). The molecular weight excluding hydrogens is 430 g/mol. The van der Waals surface area contributed by atoms with Crippen molar-refractivity contribution in [2.24, 2.45) is 11.3 Å². The van der Waals surface area contributed by atoms with Gasteiger partial charge in [-0.25, -0.2) is 23.7 Å². The zero-order valence-corrected chi connectivity index (χ0v) is 19.0. The van der Waals surface area contributed by atoms with E-state index in [1.807, 2.05) is 26.0 Å². The van der Waals surface area contributed by atoms with E-state index in [9.17, 15) is 13.6 Å². The van der Waals surface area contributed by atoms with E-state index in [-0.39, 0.29) is 23.1 Å². The molecule has 1 unspecified atom stereocenters. The van der Waals surface area contributed by atoms with E-state index >= 15 is 0 Å². The fraction of sp³-hybridized carbons (Fsp3) is 0.417. The molecule has 9 heteroatoms. The highest BCUT2D eigenvalue weighted by atomic mass is 19.1. The molecule has 33 heavy (non-hydrogen) atoms. The summed E-state index contributed by atoms with van der Waals surface area (Å²) in [6, 6.07) is 5.42. The van der Waals surface area contributed by atoms with Crippen LogP contribution in [0, 0.1) is 18.3 Å². The number of nitrogens with one attached hydrogen (secondary N) is 1. The van der Waals surface area contributed by atoms with Gasteiger partial charge in [0, 0.05) is 37.1 Å². The first-order chi connectivity index (χ1) is 15.8. The van der Waals surface area contributed by atoms with Crippen molar-refractivity contribution in [1.82, 2.24) is 15.0 Å². The summed E-state index contributed by atoms with van der Waals surface area (Å²) in [5.41, 5.74) is 0.516. The molecule has 2 aliphatic rings. The van der Waals surface area contributed by atoms with E-state index in [1.165, 1.54) is 6.08 Å². The second-order valence-corrected chi connectivity index (χ2v) is 8.28. The largest absolute Gasteiger partial charge is 0.489 e. The van der Waals surface area contributed by atoms with Gasteiger partial charge in [0.1, 0.15) is 29.0 Å². The van der Waals surface area contributed by atoms with Gasteiger partial charge in [-0.2, -0.15) is 0 Å². The SMILES string of the molecule is COCc1nc(C)ncc1OC[C@@]1(C)CC1C(=O)Nc1ccccn1.FC1=CCCC(F)=C1. The number of carbonyl (C=O) groups is 1. The molecule has 0 aliphatic heterocycles. The van der Waals surface area contributed by atoms with Crippen molar-refractivity contribution >= 4 is 11.7 Å². The van der Waals surface area contributed by atoms with Gasteiger partial charge in [0.05, 0.1) is 19.4 Å². The van der Waals surface area contributed by atoms with Gasteiger partial charge < -0.3 is 14.8 Å². The number of allylic oxidation sites excluding steroid dienone is 4. The number of ether oxygens (including phenoxy) is 2. The fourth-order valence-corrected chi connectivity index (χ4v) is 3.36. The predicted molar refractivity (Wildman–Crippen MR) is 120 cm³/mol. The average Bonchev–Trinajstić information content (AvgIpc) is 3.46. The first kappa shape index (κ1) is 24.4. The van der Waals surface area contributed by atoms with E-state index in [1.54, 1.807) is 25.6 Å². The standard InChI is InChI=1S/C18H22N4O3.C6H6F2/c1-12-20-9-15(14(21-12)10-24-3)25-11-18(2)8-13(18)17(23)22-16-6-4-5-7-19-16;7-5-2-1-3-6(8)4-5/h4-7,9,13H,8,10-11H2,1-3H3,(H,19,22,23);2,4H,1,3H2/t13?,18-;/m1./s1. The number of rotatable bonds is 7. The highest BCUT2D eigenvalue weighted by molar-refractivity contribution is 5.94. The normalized spacial score (nSPS) is 21.2. The summed E-state index contributed by atoms with van der Waals surface area (Å²) in [6.45, 7) is 4.65. The Morgan fingerprint density at radius 3 is 2.76 bits per heavy atom. The van der Waals surface area contributed by atoms with Crippen molar-refractivity contribution in [2.45, 2.75) is 39.7 Å². The van der Waals surface area contributed by atoms with Crippen LogP contribution in [0.2, 0.25) is 0 Å². The van der Waals surface area contributed by atoms with Crippen LogP contribution >= 0.6 is 0 Å². The maximum Gasteiger partial charge on any atom is 0.229 e. The Bertz CT molecular complexity index is 1030. The van der Waals surface area contributed by atoms with Crippen LogP contribution in [0.1, 0.15) is 37.7 Å². The molecule has 1 N–H and O–H groups in total. The molecule has 2 aliphatic carbocycles. The predicted octanol–water partition coefficient (Wildman–Crippen LogP) is 4.86. The van der Waals surface area contributed by atoms with Crippen LogP contribution in [-0.4, -0.2) is 34.6 Å². The van der Waals surface area contributed by atoms with E-state index in [0.29, 0.717) is 49.1 Å². The maximum absolute atomic E-state index is 12.4. The number of nitrogens with zero attached hydrogens (tertiary/aromatic N) is 3. The summed E-state index contributed by atoms with van der Waals surface area (Å²) in [7, 11) is 1.61. The monoisotopic (exact) mass is 458 g/mol. The molecule has 1 fully saturated rings. The average molecular weight is 459 g/mol. The lowest BCUT2D eigenvalue weighted by molar-refractivity contribution is -0.118. The molecule has 0 radical (unpaired) electrons.